The number of thiophene rings is 1. The van der Waals surface area contributed by atoms with Gasteiger partial charge < -0.3 is 10.1 Å². The van der Waals surface area contributed by atoms with E-state index in [1.54, 1.807) is 30.2 Å². The summed E-state index contributed by atoms with van der Waals surface area (Å²) in [5.74, 6) is 0.256. The Hall–Kier alpha value is -2.83. The summed E-state index contributed by atoms with van der Waals surface area (Å²) in [7, 11) is 1.59. The van der Waals surface area contributed by atoms with Crippen LogP contribution in [0, 0.1) is 0 Å². The standard InChI is InChI=1S/C26H27ClN2O3S/c1-32-22-12-4-7-18(15-22)25(26(31)28-20-9-2-3-10-20)29(21-11-5-8-19(27)16-21)24(30)17-23-13-6-14-33-23/h4-8,11-16,20,25H,2-3,9-10,17H2,1H3,(H,28,31). The zero-order valence-corrected chi connectivity index (χ0v) is 20.1. The van der Waals surface area contributed by atoms with Crippen molar-refractivity contribution in [1.82, 2.24) is 5.32 Å². The van der Waals surface area contributed by atoms with Gasteiger partial charge >= 0.3 is 0 Å². The van der Waals surface area contributed by atoms with Crippen molar-refractivity contribution in [2.24, 2.45) is 0 Å². The Bertz CT molecular complexity index is 1100. The van der Waals surface area contributed by atoms with Crippen molar-refractivity contribution in [2.45, 2.75) is 44.2 Å². The first-order valence-electron chi connectivity index (χ1n) is 11.1. The molecule has 3 aromatic rings. The predicted molar refractivity (Wildman–Crippen MR) is 133 cm³/mol. The number of nitrogens with zero attached hydrogens (tertiary/aromatic N) is 1. The van der Waals surface area contributed by atoms with Gasteiger partial charge in [0, 0.05) is 21.6 Å². The number of benzene rings is 2. The fourth-order valence-corrected chi connectivity index (χ4v) is 5.17. The first-order chi connectivity index (χ1) is 16.0. The maximum absolute atomic E-state index is 13.7. The molecule has 1 fully saturated rings. The monoisotopic (exact) mass is 482 g/mol. The smallest absolute Gasteiger partial charge is 0.248 e. The molecule has 0 spiro atoms. The number of amides is 2. The number of halogens is 1. The highest BCUT2D eigenvalue weighted by atomic mass is 35.5. The average Bonchev–Trinajstić information content (AvgIpc) is 3.51. The number of carbonyl (C=O) groups excluding carboxylic acids is 2. The molecule has 2 amide bonds. The van der Waals surface area contributed by atoms with Crippen LogP contribution in [0.15, 0.2) is 66.0 Å². The van der Waals surface area contributed by atoms with Gasteiger partial charge in [0.15, 0.2) is 0 Å². The van der Waals surface area contributed by atoms with Crippen molar-refractivity contribution < 1.29 is 14.3 Å². The Kier molecular flexibility index (Phi) is 7.68. The Morgan fingerprint density at radius 2 is 1.91 bits per heavy atom. The molecule has 0 saturated heterocycles. The van der Waals surface area contributed by atoms with E-state index in [2.05, 4.69) is 5.32 Å². The quantitative estimate of drug-likeness (QED) is 0.442. The van der Waals surface area contributed by atoms with Crippen molar-refractivity contribution >= 4 is 40.4 Å². The van der Waals surface area contributed by atoms with Gasteiger partial charge in [-0.25, -0.2) is 0 Å². The maximum Gasteiger partial charge on any atom is 0.248 e. The molecule has 2 aromatic carbocycles. The maximum atomic E-state index is 13.7. The van der Waals surface area contributed by atoms with Crippen LogP contribution >= 0.6 is 22.9 Å². The summed E-state index contributed by atoms with van der Waals surface area (Å²) in [4.78, 5) is 30.0. The van der Waals surface area contributed by atoms with E-state index in [9.17, 15) is 9.59 Å². The Morgan fingerprint density at radius 3 is 2.61 bits per heavy atom. The number of rotatable bonds is 8. The zero-order chi connectivity index (χ0) is 23.2. The molecule has 1 heterocycles. The molecule has 1 N–H and O–H groups in total. The molecule has 0 radical (unpaired) electrons. The van der Waals surface area contributed by atoms with E-state index in [1.807, 2.05) is 47.8 Å². The van der Waals surface area contributed by atoms with Crippen LogP contribution in [0.1, 0.15) is 42.2 Å². The fraction of sp³-hybridized carbons (Fsp3) is 0.308. The van der Waals surface area contributed by atoms with Crippen LogP contribution in [0.2, 0.25) is 5.02 Å². The topological polar surface area (TPSA) is 58.6 Å². The Balaban J connectivity index is 1.78. The lowest BCUT2D eigenvalue weighted by Crippen LogP contribution is -2.46. The molecule has 0 aliphatic heterocycles. The third kappa shape index (κ3) is 5.75. The SMILES string of the molecule is COc1cccc(C(C(=O)NC2CCCC2)N(C(=O)Cc2cccs2)c2cccc(Cl)c2)c1. The van der Waals surface area contributed by atoms with Crippen molar-refractivity contribution in [3.05, 3.63) is 81.5 Å². The van der Waals surface area contributed by atoms with Crippen LogP contribution in [0.3, 0.4) is 0 Å². The summed E-state index contributed by atoms with van der Waals surface area (Å²) in [6.45, 7) is 0. The molecule has 4 rings (SSSR count). The van der Waals surface area contributed by atoms with E-state index in [0.29, 0.717) is 22.0 Å². The molecule has 1 aromatic heterocycles. The van der Waals surface area contributed by atoms with Gasteiger partial charge in [-0.1, -0.05) is 48.7 Å². The molecular weight excluding hydrogens is 456 g/mol. The summed E-state index contributed by atoms with van der Waals surface area (Å²) in [5.41, 5.74) is 1.27. The predicted octanol–water partition coefficient (Wildman–Crippen LogP) is 5.79. The third-order valence-corrected chi connectivity index (χ3v) is 6.99. The van der Waals surface area contributed by atoms with Gasteiger partial charge in [0.1, 0.15) is 11.8 Å². The average molecular weight is 483 g/mol. The molecule has 1 aliphatic carbocycles. The van der Waals surface area contributed by atoms with Crippen LogP contribution in [-0.2, 0) is 16.0 Å². The first-order valence-corrected chi connectivity index (χ1v) is 12.4. The molecule has 5 nitrogen and oxygen atoms in total. The highest BCUT2D eigenvalue weighted by molar-refractivity contribution is 7.10. The minimum absolute atomic E-state index is 0.124. The van der Waals surface area contributed by atoms with E-state index in [-0.39, 0.29) is 24.3 Å². The molecule has 172 valence electrons. The molecule has 1 atom stereocenters. The lowest BCUT2D eigenvalue weighted by molar-refractivity contribution is -0.127. The van der Waals surface area contributed by atoms with Gasteiger partial charge in [-0.15, -0.1) is 11.3 Å². The molecule has 1 aliphatic rings. The first kappa shape index (κ1) is 23.3. The van der Waals surface area contributed by atoms with Gasteiger partial charge in [-0.2, -0.15) is 0 Å². The number of anilines is 1. The zero-order valence-electron chi connectivity index (χ0n) is 18.5. The van der Waals surface area contributed by atoms with Gasteiger partial charge in [-0.3, -0.25) is 14.5 Å². The molecular formula is C26H27ClN2O3S. The highest BCUT2D eigenvalue weighted by Crippen LogP contribution is 2.33. The number of ether oxygens (including phenoxy) is 1. The van der Waals surface area contributed by atoms with Crippen LogP contribution in [0.25, 0.3) is 0 Å². The number of hydrogen-bond acceptors (Lipinski definition) is 4. The second-order valence-electron chi connectivity index (χ2n) is 8.17. The van der Waals surface area contributed by atoms with Gasteiger partial charge in [0.05, 0.1) is 13.5 Å². The molecule has 33 heavy (non-hydrogen) atoms. The van der Waals surface area contributed by atoms with E-state index in [4.69, 9.17) is 16.3 Å². The minimum atomic E-state index is -0.855. The van der Waals surface area contributed by atoms with E-state index < -0.39 is 6.04 Å². The normalized spacial score (nSPS) is 14.6. The lowest BCUT2D eigenvalue weighted by atomic mass is 10.0. The number of carbonyl (C=O) groups is 2. The summed E-state index contributed by atoms with van der Waals surface area (Å²) < 4.78 is 5.41. The molecule has 7 heteroatoms. The van der Waals surface area contributed by atoms with Crippen molar-refractivity contribution in [2.75, 3.05) is 12.0 Å². The van der Waals surface area contributed by atoms with Crippen LogP contribution in [-0.4, -0.2) is 25.0 Å². The summed E-state index contributed by atoms with van der Waals surface area (Å²) in [5, 5.41) is 5.63. The number of nitrogens with one attached hydrogen (secondary N) is 1. The Morgan fingerprint density at radius 1 is 1.12 bits per heavy atom. The van der Waals surface area contributed by atoms with Crippen LogP contribution in [0.5, 0.6) is 5.75 Å². The van der Waals surface area contributed by atoms with Gasteiger partial charge in [0.25, 0.3) is 0 Å². The highest BCUT2D eigenvalue weighted by Gasteiger charge is 2.34. The summed E-state index contributed by atoms with van der Waals surface area (Å²) in [6.07, 6.45) is 4.31. The second-order valence-corrected chi connectivity index (χ2v) is 9.64. The summed E-state index contributed by atoms with van der Waals surface area (Å²) >= 11 is 7.82. The van der Waals surface area contributed by atoms with E-state index in [0.717, 1.165) is 30.6 Å². The van der Waals surface area contributed by atoms with E-state index in [1.165, 1.54) is 11.3 Å². The van der Waals surface area contributed by atoms with Gasteiger partial charge in [0.2, 0.25) is 11.8 Å². The van der Waals surface area contributed by atoms with Gasteiger partial charge in [-0.05, 0) is 60.2 Å². The Labute approximate surface area is 203 Å². The largest absolute Gasteiger partial charge is 0.497 e. The van der Waals surface area contributed by atoms with Crippen molar-refractivity contribution in [3.8, 4) is 5.75 Å². The number of hydrogen-bond donors (Lipinski definition) is 1. The lowest BCUT2D eigenvalue weighted by Gasteiger charge is -2.32. The minimum Gasteiger partial charge on any atom is -0.497 e. The fourth-order valence-electron chi connectivity index (χ4n) is 4.29. The van der Waals surface area contributed by atoms with Crippen molar-refractivity contribution in [1.29, 1.82) is 0 Å². The second kappa shape index (κ2) is 10.9. The van der Waals surface area contributed by atoms with Crippen molar-refractivity contribution in [3.63, 3.8) is 0 Å². The molecule has 1 unspecified atom stereocenters. The molecule has 1 saturated carbocycles. The third-order valence-electron chi connectivity index (χ3n) is 5.88. The molecule has 0 bridgehead atoms. The summed E-state index contributed by atoms with van der Waals surface area (Å²) in [6, 6.07) is 17.5. The number of methoxy groups -OCH3 is 1. The van der Waals surface area contributed by atoms with Crippen LogP contribution < -0.4 is 15.0 Å². The van der Waals surface area contributed by atoms with Crippen LogP contribution in [0.4, 0.5) is 5.69 Å². The van der Waals surface area contributed by atoms with E-state index >= 15 is 0 Å².